The Balaban J connectivity index is 1.65. The van der Waals surface area contributed by atoms with Gasteiger partial charge in [-0.05, 0) is 36.4 Å². The van der Waals surface area contributed by atoms with Crippen LogP contribution in [-0.4, -0.2) is 48.3 Å². The molecule has 1 aliphatic heterocycles. The molecule has 3 N–H and O–H groups in total. The zero-order valence-electron chi connectivity index (χ0n) is 12.9. The number of nitrogens with two attached hydrogens (primary N) is 1. The predicted molar refractivity (Wildman–Crippen MR) is 88.0 cm³/mol. The highest BCUT2D eigenvalue weighted by Crippen LogP contribution is 2.13. The lowest BCUT2D eigenvalue weighted by atomic mass is 10.2. The first kappa shape index (κ1) is 15.9. The van der Waals surface area contributed by atoms with Crippen LogP contribution in [0.4, 0.5) is 11.5 Å². The maximum absolute atomic E-state index is 12.2. The number of benzene rings is 1. The molecule has 0 spiro atoms. The zero-order valence-corrected chi connectivity index (χ0v) is 12.9. The minimum Gasteiger partial charge on any atom is -0.378 e. The lowest BCUT2D eigenvalue weighted by Crippen LogP contribution is -2.37. The molecular formula is C16H17N5O3. The van der Waals surface area contributed by atoms with E-state index in [4.69, 9.17) is 10.5 Å². The summed E-state index contributed by atoms with van der Waals surface area (Å²) < 4.78 is 5.29. The number of nitrogens with zero attached hydrogens (tertiary/aromatic N) is 3. The van der Waals surface area contributed by atoms with Gasteiger partial charge in [0.2, 0.25) is 5.91 Å². The van der Waals surface area contributed by atoms with Gasteiger partial charge < -0.3 is 20.7 Å². The molecule has 24 heavy (non-hydrogen) atoms. The van der Waals surface area contributed by atoms with Crippen molar-refractivity contribution in [2.75, 3.05) is 36.5 Å². The maximum atomic E-state index is 12.2. The van der Waals surface area contributed by atoms with Crippen LogP contribution >= 0.6 is 0 Å². The number of hydrogen-bond acceptors (Lipinski definition) is 6. The Hall–Kier alpha value is -3.00. The molecule has 0 atom stereocenters. The van der Waals surface area contributed by atoms with Crippen molar-refractivity contribution in [1.29, 1.82) is 0 Å². The summed E-state index contributed by atoms with van der Waals surface area (Å²) in [5, 5.41) is 10.8. The van der Waals surface area contributed by atoms with Crippen molar-refractivity contribution in [3.8, 4) is 0 Å². The van der Waals surface area contributed by atoms with Gasteiger partial charge in [-0.1, -0.05) is 0 Å². The van der Waals surface area contributed by atoms with Crippen LogP contribution in [-0.2, 0) is 4.74 Å². The van der Waals surface area contributed by atoms with E-state index in [2.05, 4.69) is 20.4 Å². The molecule has 1 saturated heterocycles. The van der Waals surface area contributed by atoms with Crippen molar-refractivity contribution in [2.45, 2.75) is 0 Å². The third kappa shape index (κ3) is 3.66. The predicted octanol–water partition coefficient (Wildman–Crippen LogP) is 0.664. The van der Waals surface area contributed by atoms with Crippen molar-refractivity contribution >= 4 is 23.3 Å². The van der Waals surface area contributed by atoms with Crippen LogP contribution < -0.4 is 16.0 Å². The first-order chi connectivity index (χ1) is 11.6. The number of morpholine rings is 1. The second kappa shape index (κ2) is 7.05. The van der Waals surface area contributed by atoms with Gasteiger partial charge in [0.25, 0.3) is 5.91 Å². The van der Waals surface area contributed by atoms with E-state index in [1.54, 1.807) is 36.4 Å². The Labute approximate surface area is 138 Å². The highest BCUT2D eigenvalue weighted by Gasteiger charge is 2.14. The van der Waals surface area contributed by atoms with Gasteiger partial charge in [0.1, 0.15) is 0 Å². The van der Waals surface area contributed by atoms with Gasteiger partial charge in [-0.15, -0.1) is 10.2 Å². The molecule has 8 nitrogen and oxygen atoms in total. The summed E-state index contributed by atoms with van der Waals surface area (Å²) in [5.74, 6) is -0.166. The molecule has 124 valence electrons. The number of ether oxygens (including phenoxy) is 1. The van der Waals surface area contributed by atoms with Crippen molar-refractivity contribution in [3.05, 3.63) is 47.7 Å². The van der Waals surface area contributed by atoms with Crippen LogP contribution in [0.3, 0.4) is 0 Å². The number of hydrogen-bond donors (Lipinski definition) is 2. The van der Waals surface area contributed by atoms with E-state index in [0.717, 1.165) is 18.9 Å². The minimum absolute atomic E-state index is 0.214. The average Bonchev–Trinajstić information content (AvgIpc) is 2.63. The third-order valence-electron chi connectivity index (χ3n) is 3.65. The number of carbonyl (C=O) groups excluding carboxylic acids is 2. The Bertz CT molecular complexity index is 724. The van der Waals surface area contributed by atoms with E-state index in [1.807, 2.05) is 0 Å². The molecule has 1 aliphatic rings. The van der Waals surface area contributed by atoms with E-state index in [9.17, 15) is 9.59 Å². The summed E-state index contributed by atoms with van der Waals surface area (Å²) in [4.78, 5) is 25.3. The van der Waals surface area contributed by atoms with Gasteiger partial charge in [-0.25, -0.2) is 0 Å². The normalized spacial score (nSPS) is 14.2. The van der Waals surface area contributed by atoms with Gasteiger partial charge in [0.05, 0.1) is 13.2 Å². The Morgan fingerprint density at radius 2 is 1.75 bits per heavy atom. The summed E-state index contributed by atoms with van der Waals surface area (Å²) >= 11 is 0. The van der Waals surface area contributed by atoms with E-state index in [0.29, 0.717) is 24.5 Å². The van der Waals surface area contributed by atoms with E-state index in [1.165, 1.54) is 0 Å². The van der Waals surface area contributed by atoms with Gasteiger partial charge >= 0.3 is 0 Å². The lowest BCUT2D eigenvalue weighted by Gasteiger charge is -2.27. The largest absolute Gasteiger partial charge is 0.378 e. The van der Waals surface area contributed by atoms with Crippen LogP contribution in [0.25, 0.3) is 0 Å². The maximum Gasteiger partial charge on any atom is 0.276 e. The summed E-state index contributed by atoms with van der Waals surface area (Å²) in [6, 6.07) is 9.70. The highest BCUT2D eigenvalue weighted by molar-refractivity contribution is 6.03. The van der Waals surface area contributed by atoms with Crippen molar-refractivity contribution in [1.82, 2.24) is 10.2 Å². The quantitative estimate of drug-likeness (QED) is 0.854. The summed E-state index contributed by atoms with van der Waals surface area (Å²) in [7, 11) is 0. The van der Waals surface area contributed by atoms with Crippen molar-refractivity contribution in [3.63, 3.8) is 0 Å². The standard InChI is InChI=1S/C16H17N5O3/c17-15(22)11-1-3-12(4-2-11)18-16(23)13-5-6-14(20-19-13)21-7-9-24-10-8-21/h1-6H,7-10H2,(H2,17,22)(H,18,23). The molecule has 8 heteroatoms. The summed E-state index contributed by atoms with van der Waals surface area (Å²) in [6.07, 6.45) is 0. The minimum atomic E-state index is -0.516. The molecule has 0 radical (unpaired) electrons. The molecule has 2 aromatic rings. The second-order valence-corrected chi connectivity index (χ2v) is 5.27. The third-order valence-corrected chi connectivity index (χ3v) is 3.65. The molecule has 2 amide bonds. The fourth-order valence-electron chi connectivity index (χ4n) is 2.32. The highest BCUT2D eigenvalue weighted by atomic mass is 16.5. The van der Waals surface area contributed by atoms with Crippen LogP contribution in [0.15, 0.2) is 36.4 Å². The number of anilines is 2. The monoisotopic (exact) mass is 327 g/mol. The molecule has 0 aliphatic carbocycles. The fraction of sp³-hybridized carbons (Fsp3) is 0.250. The molecule has 3 rings (SSSR count). The Kier molecular flexibility index (Phi) is 4.66. The summed E-state index contributed by atoms with van der Waals surface area (Å²) in [5.41, 5.74) is 6.31. The van der Waals surface area contributed by atoms with Crippen LogP contribution in [0.5, 0.6) is 0 Å². The number of nitrogens with one attached hydrogen (secondary N) is 1. The molecule has 1 fully saturated rings. The van der Waals surface area contributed by atoms with Crippen LogP contribution in [0, 0.1) is 0 Å². The first-order valence-electron chi connectivity index (χ1n) is 7.51. The lowest BCUT2D eigenvalue weighted by molar-refractivity contribution is 0.0997. The van der Waals surface area contributed by atoms with E-state index in [-0.39, 0.29) is 11.6 Å². The van der Waals surface area contributed by atoms with Crippen molar-refractivity contribution < 1.29 is 14.3 Å². The fourth-order valence-corrected chi connectivity index (χ4v) is 2.32. The number of amides is 2. The number of carbonyl (C=O) groups is 2. The smallest absolute Gasteiger partial charge is 0.276 e. The Morgan fingerprint density at radius 3 is 2.33 bits per heavy atom. The van der Waals surface area contributed by atoms with Crippen LogP contribution in [0.1, 0.15) is 20.8 Å². The number of primary amides is 1. The summed E-state index contributed by atoms with van der Waals surface area (Å²) in [6.45, 7) is 2.83. The molecule has 0 bridgehead atoms. The molecule has 1 aromatic carbocycles. The second-order valence-electron chi connectivity index (χ2n) is 5.27. The average molecular weight is 327 g/mol. The van der Waals surface area contributed by atoms with E-state index >= 15 is 0 Å². The van der Waals surface area contributed by atoms with Gasteiger partial charge in [-0.3, -0.25) is 9.59 Å². The molecule has 2 heterocycles. The molecule has 1 aromatic heterocycles. The van der Waals surface area contributed by atoms with Gasteiger partial charge in [-0.2, -0.15) is 0 Å². The molecule has 0 saturated carbocycles. The Morgan fingerprint density at radius 1 is 1.04 bits per heavy atom. The van der Waals surface area contributed by atoms with E-state index < -0.39 is 5.91 Å². The topological polar surface area (TPSA) is 110 Å². The van der Waals surface area contributed by atoms with Crippen LogP contribution in [0.2, 0.25) is 0 Å². The number of aromatic nitrogens is 2. The zero-order chi connectivity index (χ0) is 16.9. The SMILES string of the molecule is NC(=O)c1ccc(NC(=O)c2ccc(N3CCOCC3)nn2)cc1. The molecule has 0 unspecified atom stereocenters. The number of rotatable bonds is 4. The molecular weight excluding hydrogens is 310 g/mol. The van der Waals surface area contributed by atoms with Crippen molar-refractivity contribution in [2.24, 2.45) is 5.73 Å². The van der Waals surface area contributed by atoms with Gasteiger partial charge in [0.15, 0.2) is 11.5 Å². The van der Waals surface area contributed by atoms with Gasteiger partial charge in [0, 0.05) is 24.3 Å². The first-order valence-corrected chi connectivity index (χ1v) is 7.51.